The molecule has 0 aromatic rings. The van der Waals surface area contributed by atoms with Crippen LogP contribution < -0.4 is 207 Å². The molecular weight excluding hydrogens is 1770 g/mol. The van der Waals surface area contributed by atoms with Crippen molar-refractivity contribution in [2.24, 2.45) is 0 Å². The van der Waals surface area contributed by atoms with Crippen LogP contribution in [0.4, 0.5) is 0 Å². The van der Waals surface area contributed by atoms with Crippen molar-refractivity contribution in [3.05, 3.63) is 0 Å². The van der Waals surface area contributed by atoms with Crippen molar-refractivity contribution in [3.63, 3.8) is 0 Å². The molecule has 2 aliphatic rings. The molecule has 2 rings (SSSR count). The summed E-state index contributed by atoms with van der Waals surface area (Å²) in [6, 6.07) is 0. The molecule has 2 radical (unpaired) electrons. The van der Waals surface area contributed by atoms with Crippen molar-refractivity contribution in [3.8, 4) is 0 Å². The van der Waals surface area contributed by atoms with Crippen molar-refractivity contribution >= 4 is 329 Å². The molecule has 0 bridgehead atoms. The van der Waals surface area contributed by atoms with Gasteiger partial charge in [0.15, 0.2) is 0 Å². The molecule has 2 fully saturated rings. The molecular formula is Cs5P5Se12. The fourth-order valence-electron chi connectivity index (χ4n) is 0.774. The SMILES string of the molecule is [Cs+].[Cs+].[Cs+].[Cs].[Cs].[Se]=[P@]1([Se-])[Se][P+]2([Se][P@]1(=[Se])[Se-])[Se][P@](=[Se])([Se-])[P@@](=[Se])([Se-])[Se]2. The first-order valence-corrected chi connectivity index (χ1v) is 49.1. The molecule has 2 saturated heterocycles. The van der Waals surface area contributed by atoms with E-state index in [0.29, 0.717) is 0 Å². The second-order valence-electron chi connectivity index (χ2n) is 2.65. The van der Waals surface area contributed by atoms with Crippen LogP contribution in [-0.4, -0.2) is 317 Å². The summed E-state index contributed by atoms with van der Waals surface area (Å²) in [4.78, 5) is 0. The van der Waals surface area contributed by atoms with Crippen molar-refractivity contribution < 1.29 is 207 Å². The third-order valence-electron chi connectivity index (χ3n) is 1.41. The Kier molecular flexibility index (Phi) is 46.2. The molecule has 2 aliphatic heterocycles. The fraction of sp³-hybridized carbons (Fsp3) is 0. The van der Waals surface area contributed by atoms with Gasteiger partial charge in [0, 0.05) is 138 Å². The van der Waals surface area contributed by atoms with E-state index in [1.807, 2.05) is 0 Å². The topological polar surface area (TPSA) is 0 Å². The number of hydrogen-bond acceptors (Lipinski definition) is 0. The van der Waals surface area contributed by atoms with Crippen molar-refractivity contribution in [2.75, 3.05) is 0 Å². The van der Waals surface area contributed by atoms with E-state index in [2.05, 4.69) is 123 Å². The summed E-state index contributed by atoms with van der Waals surface area (Å²) < 4.78 is -3.78. The maximum absolute atomic E-state index is 3.63. The molecule has 0 N–H and O–H groups in total. The van der Waals surface area contributed by atoms with Crippen LogP contribution in [-0.2, 0) is 0 Å². The molecule has 0 saturated carbocycles. The summed E-state index contributed by atoms with van der Waals surface area (Å²) in [6.07, 6.45) is 0. The van der Waals surface area contributed by atoms with Gasteiger partial charge in [0.1, 0.15) is 0 Å². The van der Waals surface area contributed by atoms with E-state index in [-0.39, 0.29) is 344 Å². The van der Waals surface area contributed by atoms with Gasteiger partial charge >= 0.3 is 398 Å². The molecule has 2 heterocycles. The van der Waals surface area contributed by atoms with Gasteiger partial charge in [0.25, 0.3) is 0 Å². The van der Waals surface area contributed by atoms with Crippen LogP contribution in [0.5, 0.6) is 0 Å². The van der Waals surface area contributed by atoms with Gasteiger partial charge in [0.2, 0.25) is 0 Å². The monoisotopic (exact) mass is 1780 g/mol. The zero-order valence-electron chi connectivity index (χ0n) is 12.1. The average Bonchev–Trinajstić information content (AvgIpc) is 2.21. The molecule has 4 atom stereocenters. The fourth-order valence-corrected chi connectivity index (χ4v) is 738. The quantitative estimate of drug-likeness (QED) is 0.168. The number of hydrogen-bond donors (Lipinski definition) is 0. The van der Waals surface area contributed by atoms with Crippen LogP contribution in [0.25, 0.3) is 0 Å². The average molecular weight is 1770 g/mol. The van der Waals surface area contributed by atoms with Gasteiger partial charge in [-0.15, -0.1) is 0 Å². The summed E-state index contributed by atoms with van der Waals surface area (Å²) in [5.41, 5.74) is 0. The van der Waals surface area contributed by atoms with E-state index in [1.165, 1.54) is 0 Å². The van der Waals surface area contributed by atoms with Gasteiger partial charge in [-0.2, -0.15) is 0 Å². The third kappa shape index (κ3) is 14.9. The van der Waals surface area contributed by atoms with Crippen LogP contribution in [0.3, 0.4) is 0 Å². The van der Waals surface area contributed by atoms with Crippen molar-refractivity contribution in [1.29, 1.82) is 0 Å². The minimum absolute atomic E-state index is 0. The van der Waals surface area contributed by atoms with E-state index in [9.17, 15) is 0 Å². The Labute approximate surface area is 513 Å². The standard InChI is InChI=1S/5Cs.H3P5Se12/c;;;;;6-1(7)2(8,9)15-5(14-1)16-3(10,11)4(12,13)17-5/h;;;;;(H3-,6,7,8,9,10,11,12,13)/q;;3*+1;/p-3. The van der Waals surface area contributed by atoms with Gasteiger partial charge in [0.05, 0.1) is 0 Å². The Morgan fingerprint density at radius 2 is 0.682 bits per heavy atom. The zero-order valence-corrected chi connectivity index (χ0v) is 68.6. The Balaban J connectivity index is -0.000000324. The molecule has 102 valence electrons. The molecule has 0 unspecified atom stereocenters. The normalized spacial score (nSPS) is 44.5. The van der Waals surface area contributed by atoms with Gasteiger partial charge in [-0.05, 0) is 0 Å². The second kappa shape index (κ2) is 21.4. The summed E-state index contributed by atoms with van der Waals surface area (Å²) in [5.74, 6) is 0. The Morgan fingerprint density at radius 3 is 0.818 bits per heavy atom. The van der Waals surface area contributed by atoms with E-state index >= 15 is 0 Å². The predicted octanol–water partition coefficient (Wildman–Crippen LogP) is -10.0. The van der Waals surface area contributed by atoms with Gasteiger partial charge in [-0.25, -0.2) is 0 Å². The molecule has 1 spiro atoms. The third-order valence-corrected chi connectivity index (χ3v) is 328. The maximum atomic E-state index is 3.63. The first kappa shape index (κ1) is 47.6. The van der Waals surface area contributed by atoms with Gasteiger partial charge in [-0.3, -0.25) is 0 Å². The molecule has 0 aromatic carbocycles. The van der Waals surface area contributed by atoms with Crippen LogP contribution >= 0.6 is 12.3 Å². The molecule has 0 nitrogen and oxygen atoms in total. The van der Waals surface area contributed by atoms with Crippen molar-refractivity contribution in [2.45, 2.75) is 0 Å². The van der Waals surface area contributed by atoms with Crippen LogP contribution in [0.2, 0.25) is 0 Å². The minimum atomic E-state index is -0.823. The van der Waals surface area contributed by atoms with E-state index < -0.39 is 12.3 Å². The summed E-state index contributed by atoms with van der Waals surface area (Å²) >= 11 is 32.8. The Bertz CT molecular complexity index is 469. The summed E-state index contributed by atoms with van der Waals surface area (Å²) in [6.45, 7) is 0. The van der Waals surface area contributed by atoms with Crippen LogP contribution in [0, 0.1) is 0 Å². The number of rotatable bonds is 0. The van der Waals surface area contributed by atoms with Crippen molar-refractivity contribution in [1.82, 2.24) is 0 Å². The molecule has 22 heavy (non-hydrogen) atoms. The molecule has 0 aliphatic carbocycles. The first-order valence-electron chi connectivity index (χ1n) is 3.32. The zero-order chi connectivity index (χ0) is 13.3. The molecule has 0 aromatic heterocycles. The second-order valence-corrected chi connectivity index (χ2v) is 170. The van der Waals surface area contributed by atoms with E-state index in [4.69, 9.17) is 0 Å². The summed E-state index contributed by atoms with van der Waals surface area (Å²) in [7, 11) is 0. The van der Waals surface area contributed by atoms with Crippen LogP contribution in [0.1, 0.15) is 0 Å². The Hall–Kier alpha value is 18.6. The Morgan fingerprint density at radius 1 is 0.545 bits per heavy atom. The molecule has 0 amide bonds. The van der Waals surface area contributed by atoms with E-state index in [0.717, 1.165) is 56.3 Å². The molecule has 22 heteroatoms. The first-order chi connectivity index (χ1) is 7.33. The van der Waals surface area contributed by atoms with Crippen LogP contribution in [0.15, 0.2) is 0 Å². The summed E-state index contributed by atoms with van der Waals surface area (Å²) in [5, 5.41) is 0. The van der Waals surface area contributed by atoms with E-state index in [1.54, 1.807) is 0 Å². The predicted molar refractivity (Wildman–Crippen MR) is 115 cm³/mol. The van der Waals surface area contributed by atoms with Gasteiger partial charge < -0.3 is 0 Å². The van der Waals surface area contributed by atoms with Gasteiger partial charge in [-0.1, -0.05) is 0 Å².